The second-order valence-electron chi connectivity index (χ2n) is 20.2. The minimum absolute atomic E-state index is 0.0296. The molecule has 0 radical (unpaired) electrons. The molecule has 26 nitrogen and oxygen atoms in total. The summed E-state index contributed by atoms with van der Waals surface area (Å²) < 4.78 is 0. The minimum atomic E-state index is -2.10. The Morgan fingerprint density at radius 3 is 1.56 bits per heavy atom. The van der Waals surface area contributed by atoms with Crippen LogP contribution in [0.3, 0.4) is 0 Å². The third kappa shape index (κ3) is 22.7. The molecule has 0 spiro atoms. The Morgan fingerprint density at radius 2 is 1.06 bits per heavy atom. The van der Waals surface area contributed by atoms with Crippen molar-refractivity contribution in [2.24, 2.45) is 34.6 Å². The van der Waals surface area contributed by atoms with Crippen molar-refractivity contribution in [2.45, 2.75) is 191 Å². The Kier molecular flexibility index (Phi) is 31.4. The average Bonchev–Trinajstić information content (AvgIpc) is 3.39. The highest BCUT2D eigenvalue weighted by atomic mass is 16.3. The van der Waals surface area contributed by atoms with Gasteiger partial charge in [0.1, 0.15) is 54.4 Å². The number of imide groups is 1. The van der Waals surface area contributed by atoms with Gasteiger partial charge < -0.3 is 81.4 Å². The minimum Gasteiger partial charge on any atom is -0.391 e. The van der Waals surface area contributed by atoms with Gasteiger partial charge in [-0.05, 0) is 103 Å². The van der Waals surface area contributed by atoms with Crippen molar-refractivity contribution in [3.63, 3.8) is 0 Å². The summed E-state index contributed by atoms with van der Waals surface area (Å²) in [6.07, 6.45) is 0.173. The maximum atomic E-state index is 15.2. The van der Waals surface area contributed by atoms with Gasteiger partial charge in [-0.2, -0.15) is 0 Å². The summed E-state index contributed by atoms with van der Waals surface area (Å²) >= 11 is 0. The van der Waals surface area contributed by atoms with Gasteiger partial charge in [0.2, 0.25) is 47.3 Å². The molecule has 1 fully saturated rings. The number of hydrogen-bond donors (Lipinski definition) is 15. The van der Waals surface area contributed by atoms with Crippen LogP contribution in [0.2, 0.25) is 0 Å². The van der Waals surface area contributed by atoms with E-state index in [-0.39, 0.29) is 70.6 Å². The number of amides is 10. The van der Waals surface area contributed by atoms with Gasteiger partial charge >= 0.3 is 0 Å². The predicted molar refractivity (Wildman–Crippen MR) is 290 cm³/mol. The van der Waals surface area contributed by atoms with Crippen molar-refractivity contribution in [1.82, 2.24) is 47.4 Å². The molecule has 2 rings (SSSR count). The molecule has 78 heavy (non-hydrogen) atoms. The monoisotopic (exact) mass is 1100 g/mol. The largest absolute Gasteiger partial charge is 0.391 e. The third-order valence-electron chi connectivity index (χ3n) is 13.0. The first-order chi connectivity index (χ1) is 37.1. The number of aliphatic hydroxyl groups excluding tert-OH is 2. The van der Waals surface area contributed by atoms with Crippen molar-refractivity contribution in [2.75, 3.05) is 32.7 Å². The fourth-order valence-electron chi connectivity index (χ4n) is 8.74. The Morgan fingerprint density at radius 1 is 0.590 bits per heavy atom. The number of carbonyl (C=O) groups excluding carboxylic acids is 10. The van der Waals surface area contributed by atoms with Gasteiger partial charge in [0.15, 0.2) is 0 Å². The lowest BCUT2D eigenvalue weighted by molar-refractivity contribution is -0.158. The lowest BCUT2D eigenvalue weighted by Gasteiger charge is -2.36. The van der Waals surface area contributed by atoms with Gasteiger partial charge in [0.05, 0.1) is 12.2 Å². The van der Waals surface area contributed by atoms with Gasteiger partial charge in [0, 0.05) is 12.8 Å². The average molecular weight is 1100 g/mol. The number of unbranched alkanes of at least 4 members (excludes halogenated alkanes) is 5. The number of aliphatic hydroxyl groups is 2. The highest BCUT2D eigenvalue weighted by Gasteiger charge is 2.45. The van der Waals surface area contributed by atoms with Crippen molar-refractivity contribution in [1.29, 1.82) is 0 Å². The van der Waals surface area contributed by atoms with Crippen LogP contribution in [0.4, 0.5) is 0 Å². The highest BCUT2D eigenvalue weighted by Crippen LogP contribution is 2.17. The molecule has 0 unspecified atom stereocenters. The molecule has 0 saturated carbocycles. The Balaban J connectivity index is 2.92. The molecule has 440 valence electrons. The van der Waals surface area contributed by atoms with E-state index in [1.54, 1.807) is 44.2 Å². The van der Waals surface area contributed by atoms with E-state index in [0.717, 1.165) is 39.0 Å². The van der Waals surface area contributed by atoms with E-state index in [4.69, 9.17) is 28.7 Å². The topological polar surface area (TPSA) is 441 Å². The van der Waals surface area contributed by atoms with Crippen LogP contribution in [0, 0.1) is 5.92 Å². The third-order valence-corrected chi connectivity index (χ3v) is 13.0. The maximum Gasteiger partial charge on any atom is 0.255 e. The fraction of sp³-hybridized carbons (Fsp3) is 0.692. The summed E-state index contributed by atoms with van der Waals surface area (Å²) in [6, 6.07) is -6.19. The Bertz CT molecular complexity index is 2100. The molecule has 0 aromatic heterocycles. The lowest BCUT2D eigenvalue weighted by Crippen LogP contribution is -2.66. The summed E-state index contributed by atoms with van der Waals surface area (Å²) in [5.41, 5.74) is 30.3. The van der Waals surface area contributed by atoms with Crippen molar-refractivity contribution in [3.8, 4) is 0 Å². The first-order valence-corrected chi connectivity index (χ1v) is 27.3. The normalized spacial score (nSPS) is 23.0. The number of nitrogens with one attached hydrogen (secondary N) is 8. The number of benzene rings is 1. The highest BCUT2D eigenvalue weighted by molar-refractivity contribution is 6.07. The van der Waals surface area contributed by atoms with Crippen LogP contribution >= 0.6 is 0 Å². The molecule has 26 heteroatoms. The molecule has 1 aromatic rings. The van der Waals surface area contributed by atoms with E-state index in [1.807, 2.05) is 0 Å². The van der Waals surface area contributed by atoms with Crippen LogP contribution in [-0.2, 0) is 54.4 Å². The molecule has 0 aliphatic carbocycles. The van der Waals surface area contributed by atoms with Crippen molar-refractivity contribution < 1.29 is 58.2 Å². The second-order valence-corrected chi connectivity index (χ2v) is 20.2. The SMILES string of the molecule is CCCCCCCCC(=O)N[C@H](C(=O)N[C@@H](CCN)C(=O)N1C(=O)[C@H]([C@@H](C)O)NC(=O)[C@H](CCN)NC(=O)[C@H](CCN)NC(=O)[C@H](CC(C)C)NC(=O)[C@@H](Cc2ccccc2)NC(=O)[C@H](CCN)NC(=O)[C@@H]1CCN)[C@@H](C)O. The molecular formula is C52H90N14O12. The number of carbonyl (C=O) groups is 10. The zero-order valence-electron chi connectivity index (χ0n) is 46.1. The maximum absolute atomic E-state index is 15.2. The Labute approximate surface area is 457 Å². The molecule has 1 heterocycles. The summed E-state index contributed by atoms with van der Waals surface area (Å²) in [4.78, 5) is 144. The molecule has 1 aliphatic rings. The molecule has 10 amide bonds. The van der Waals surface area contributed by atoms with Crippen molar-refractivity contribution in [3.05, 3.63) is 35.9 Å². The van der Waals surface area contributed by atoms with E-state index in [9.17, 15) is 48.6 Å². The quantitative estimate of drug-likeness (QED) is 0.0375. The van der Waals surface area contributed by atoms with E-state index < -0.39 is 145 Å². The van der Waals surface area contributed by atoms with E-state index in [0.29, 0.717) is 16.9 Å². The smallest absolute Gasteiger partial charge is 0.255 e. The predicted octanol–water partition coefficient (Wildman–Crippen LogP) is -3.85. The molecular weight excluding hydrogens is 1010 g/mol. The summed E-state index contributed by atoms with van der Waals surface area (Å²) in [5.74, 6) is -10.4. The van der Waals surface area contributed by atoms with E-state index in [1.165, 1.54) is 6.92 Å². The first kappa shape index (κ1) is 67.9. The standard InChI is InChI=1S/C52H90N14O12/c1-6-7-8-9-10-14-17-41(69)64-42(31(4)67)50(76)61-37(21-26-56)51(77)66-40(22-27-57)49(75)60-35(19-24-54)45(71)63-39(29-33-15-12-11-13-16-33)48(74)62-38(28-30(2)3)47(73)59-34(18-23-53)44(70)58-36(20-25-55)46(72)65-43(32(5)68)52(66)78/h11-13,15-16,30-32,34-40,42-43,67-68H,6-10,14,17-29,53-57H2,1-5H3,(H,58,70)(H,59,73)(H,60,75)(H,61,76)(H,62,74)(H,63,71)(H,64,69)(H,65,72)/t31-,32-,34+,35+,36+,37+,38+,39-,40+,42+,43+/m1/s1. The van der Waals surface area contributed by atoms with Gasteiger partial charge in [-0.25, -0.2) is 0 Å². The van der Waals surface area contributed by atoms with Gasteiger partial charge in [-0.3, -0.25) is 52.8 Å². The van der Waals surface area contributed by atoms with Crippen LogP contribution in [0.1, 0.15) is 124 Å². The van der Waals surface area contributed by atoms with Gasteiger partial charge in [-0.1, -0.05) is 83.2 Å². The van der Waals surface area contributed by atoms with Crippen LogP contribution < -0.4 is 71.2 Å². The molecule has 11 atom stereocenters. The molecule has 20 N–H and O–H groups in total. The fourth-order valence-corrected chi connectivity index (χ4v) is 8.74. The summed E-state index contributed by atoms with van der Waals surface area (Å²) in [5, 5.41) is 42.4. The Hall–Kier alpha value is -6.16. The second kappa shape index (κ2) is 36.1. The number of nitrogens with two attached hydrogens (primary N) is 5. The van der Waals surface area contributed by atoms with E-state index in [2.05, 4.69) is 49.5 Å². The van der Waals surface area contributed by atoms with Crippen LogP contribution in [-0.4, -0.2) is 173 Å². The van der Waals surface area contributed by atoms with Crippen LogP contribution in [0.25, 0.3) is 0 Å². The summed E-state index contributed by atoms with van der Waals surface area (Å²) in [6.45, 7) is 6.66. The number of nitrogens with zero attached hydrogens (tertiary/aromatic N) is 1. The summed E-state index contributed by atoms with van der Waals surface area (Å²) in [7, 11) is 0. The zero-order valence-corrected chi connectivity index (χ0v) is 46.1. The first-order valence-electron chi connectivity index (χ1n) is 27.3. The zero-order chi connectivity index (χ0) is 58.5. The lowest BCUT2D eigenvalue weighted by atomic mass is 10.00. The van der Waals surface area contributed by atoms with Crippen LogP contribution in [0.15, 0.2) is 30.3 Å². The molecule has 1 aromatic carbocycles. The molecule has 0 bridgehead atoms. The molecule has 1 saturated heterocycles. The van der Waals surface area contributed by atoms with Crippen molar-refractivity contribution >= 4 is 59.1 Å². The van der Waals surface area contributed by atoms with Gasteiger partial charge in [-0.15, -0.1) is 0 Å². The van der Waals surface area contributed by atoms with Gasteiger partial charge in [0.25, 0.3) is 11.8 Å². The van der Waals surface area contributed by atoms with E-state index >= 15 is 9.59 Å². The number of rotatable bonds is 27. The van der Waals surface area contributed by atoms with Crippen LogP contribution in [0.5, 0.6) is 0 Å². The molecule has 1 aliphatic heterocycles. The number of hydrogen-bond acceptors (Lipinski definition) is 17.